The summed E-state index contributed by atoms with van der Waals surface area (Å²) in [5.74, 6) is -24.5. The molecule has 396 valence electrons. The molecule has 35 nitrogen and oxygen atoms in total. The molecule has 0 heterocycles. The van der Waals surface area contributed by atoms with Crippen molar-refractivity contribution in [2.24, 2.45) is 17.2 Å². The van der Waals surface area contributed by atoms with Crippen molar-refractivity contribution >= 4 is 94.9 Å². The van der Waals surface area contributed by atoms with E-state index in [1.165, 1.54) is 0 Å². The fourth-order valence-corrected chi connectivity index (χ4v) is 5.51. The van der Waals surface area contributed by atoms with Crippen molar-refractivity contribution < 1.29 is 118 Å². The topological polar surface area (TPSA) is 609 Å². The molecule has 0 rings (SSSR count). The summed E-state index contributed by atoms with van der Waals surface area (Å²) in [6.45, 7) is -2.70. The minimum absolute atomic E-state index is 0.693. The fourth-order valence-electron chi connectivity index (χ4n) is 5.51. The van der Waals surface area contributed by atoms with E-state index in [0.717, 1.165) is 0 Å². The fraction of sp³-hybridized carbons (Fsp3) is 0.556. The third-order valence-electron chi connectivity index (χ3n) is 9.00. The van der Waals surface area contributed by atoms with E-state index in [4.69, 9.17) is 22.3 Å². The summed E-state index contributed by atoms with van der Waals surface area (Å²) >= 11 is 0. The Labute approximate surface area is 397 Å². The Balaban J connectivity index is 6.48. The molecule has 22 N–H and O–H groups in total. The van der Waals surface area contributed by atoms with Crippen LogP contribution in [-0.2, 0) is 76.7 Å². The lowest BCUT2D eigenvalue weighted by Crippen LogP contribution is -2.61. The molecular weight excluding hydrogens is 970 g/mol. The molecule has 71 heavy (non-hydrogen) atoms. The van der Waals surface area contributed by atoms with Crippen LogP contribution in [0.25, 0.3) is 0 Å². The summed E-state index contributed by atoms with van der Waals surface area (Å²) in [6, 6.07) is -18.7. The lowest BCUT2D eigenvalue weighted by Gasteiger charge is -2.27. The van der Waals surface area contributed by atoms with Crippen LogP contribution >= 0.6 is 0 Å². The van der Waals surface area contributed by atoms with Crippen molar-refractivity contribution in [3.63, 3.8) is 0 Å². The van der Waals surface area contributed by atoms with Crippen molar-refractivity contribution in [3.8, 4) is 0 Å². The molecule has 0 aromatic rings. The van der Waals surface area contributed by atoms with Crippen molar-refractivity contribution in [1.29, 1.82) is 0 Å². The number of nitrogens with two attached hydrogens (primary N) is 3. The Morgan fingerprint density at radius 1 is 0.324 bits per heavy atom. The van der Waals surface area contributed by atoms with E-state index < -0.39 is 220 Å². The zero-order chi connectivity index (χ0) is 54.9. The van der Waals surface area contributed by atoms with Crippen LogP contribution < -0.4 is 59.7 Å². The number of carboxylic acids is 6. The zero-order valence-electron chi connectivity index (χ0n) is 36.8. The maximum atomic E-state index is 13.5. The van der Waals surface area contributed by atoms with Gasteiger partial charge in [-0.05, 0) is 12.8 Å². The van der Waals surface area contributed by atoms with Gasteiger partial charge in [0.1, 0.15) is 48.3 Å². The molecule has 0 aromatic carbocycles. The van der Waals surface area contributed by atoms with Gasteiger partial charge in [0.25, 0.3) is 0 Å². The molecule has 0 spiro atoms. The number of carboxylic acid groups (broad SMARTS) is 6. The number of carbonyl (C=O) groups is 16. The van der Waals surface area contributed by atoms with Gasteiger partial charge in [-0.15, -0.1) is 0 Å². The number of primary amides is 2. The van der Waals surface area contributed by atoms with Gasteiger partial charge in [0.05, 0.1) is 51.4 Å². The van der Waals surface area contributed by atoms with Gasteiger partial charge >= 0.3 is 35.8 Å². The van der Waals surface area contributed by atoms with Crippen molar-refractivity contribution in [3.05, 3.63) is 0 Å². The van der Waals surface area contributed by atoms with Gasteiger partial charge < -0.3 is 101 Å². The maximum Gasteiger partial charge on any atom is 0.326 e. The quantitative estimate of drug-likeness (QED) is 0.0280. The Morgan fingerprint density at radius 3 is 0.873 bits per heavy atom. The first-order chi connectivity index (χ1) is 32.9. The van der Waals surface area contributed by atoms with E-state index in [1.807, 2.05) is 42.5 Å². The number of aliphatic carboxylic acids is 6. The SMILES string of the molecule is NC(=O)C[C@H](N)C(=O)N[C@H](CC(=O)O)C(=O)N[C@H](CO)C(=O)N[C@H](CCC(=O)O)C(=O)N[C@H](CC(=O)O)C(=O)N[C@H](CC(N)=O)C(=O)N[C@H](CO)C(=O)N[C@H](CC(=O)O)C(=O)N[C@H](CCC(=O)O)C(=O)O. The molecule has 0 saturated heterocycles. The summed E-state index contributed by atoms with van der Waals surface area (Å²) in [7, 11) is 0. The minimum atomic E-state index is -2.31. The number of amides is 10. The van der Waals surface area contributed by atoms with Gasteiger partial charge in [-0.25, -0.2) is 4.79 Å². The molecule has 0 aliphatic carbocycles. The highest BCUT2D eigenvalue weighted by Gasteiger charge is 2.37. The Bertz CT molecular complexity index is 2070. The van der Waals surface area contributed by atoms with E-state index in [2.05, 4.69) is 0 Å². The lowest BCUT2D eigenvalue weighted by atomic mass is 10.1. The van der Waals surface area contributed by atoms with Crippen LogP contribution in [-0.4, -0.2) is 203 Å². The molecule has 0 aliphatic rings. The number of rotatable bonds is 35. The number of nitrogens with one attached hydrogen (secondary N) is 8. The van der Waals surface area contributed by atoms with E-state index >= 15 is 0 Å². The van der Waals surface area contributed by atoms with Crippen LogP contribution in [0.15, 0.2) is 0 Å². The summed E-state index contributed by atoms with van der Waals surface area (Å²) < 4.78 is 0. The number of hydrogen-bond donors (Lipinski definition) is 19. The van der Waals surface area contributed by atoms with Gasteiger partial charge in [0, 0.05) is 12.8 Å². The highest BCUT2D eigenvalue weighted by molar-refractivity contribution is 6.00. The Morgan fingerprint density at radius 2 is 0.577 bits per heavy atom. The Hall–Kier alpha value is -8.60. The number of aliphatic hydroxyl groups is 2. The molecular formula is C36H53N11O24. The zero-order valence-corrected chi connectivity index (χ0v) is 36.8. The molecule has 0 saturated carbocycles. The predicted octanol–water partition coefficient (Wildman–Crippen LogP) is -10.8. The van der Waals surface area contributed by atoms with E-state index in [0.29, 0.717) is 0 Å². The second-order valence-electron chi connectivity index (χ2n) is 14.8. The highest BCUT2D eigenvalue weighted by atomic mass is 16.4. The standard InChI is InChI=1S/C36H53N11O24/c37-12(5-21(38)50)28(62)42-16(7-25(56)57)33(67)47-19(10-48)34(68)40-13(1-3-23(52)53)29(63)44-18(9-27(60)61)32(66)43-15(6-22(39)51)30(64)46-20(11-49)35(69)45-17(8-26(58)59)31(65)41-14(36(70)71)2-4-24(54)55/h12-20,48-49H,1-11,37H2,(H2,38,50)(H2,39,51)(H,40,68)(H,41,65)(H,42,62)(H,43,66)(H,44,63)(H,45,69)(H,46,64)(H,47,67)(H,52,53)(H,54,55)(H,56,57)(H,58,59)(H,60,61)(H,70,71)/t12-,13+,14+,15+,16+,17+,18+,19+,20+/m0/s1. The van der Waals surface area contributed by atoms with Crippen LogP contribution in [0.2, 0.25) is 0 Å². The van der Waals surface area contributed by atoms with E-state index in [-0.39, 0.29) is 0 Å². The summed E-state index contributed by atoms with van der Waals surface area (Å²) in [4.78, 5) is 196. The number of aliphatic hydroxyl groups excluding tert-OH is 2. The third kappa shape index (κ3) is 24.8. The predicted molar refractivity (Wildman–Crippen MR) is 223 cm³/mol. The molecule has 35 heteroatoms. The average molecular weight is 1020 g/mol. The van der Waals surface area contributed by atoms with Crippen LogP contribution in [0.1, 0.15) is 57.8 Å². The maximum absolute atomic E-state index is 13.5. The van der Waals surface area contributed by atoms with Crippen LogP contribution in [0, 0.1) is 0 Å². The minimum Gasteiger partial charge on any atom is -0.481 e. The van der Waals surface area contributed by atoms with Crippen LogP contribution in [0.5, 0.6) is 0 Å². The molecule has 10 amide bonds. The molecule has 0 aromatic heterocycles. The van der Waals surface area contributed by atoms with Gasteiger partial charge in [-0.3, -0.25) is 71.9 Å². The first kappa shape index (κ1) is 62.4. The Kier molecular flexibility index (Phi) is 27.0. The molecule has 9 atom stereocenters. The normalized spacial score (nSPS) is 14.5. The second-order valence-corrected chi connectivity index (χ2v) is 14.8. The summed E-state index contributed by atoms with van der Waals surface area (Å²) in [6.07, 6.45) is -8.98. The first-order valence-electron chi connectivity index (χ1n) is 20.2. The summed E-state index contributed by atoms with van der Waals surface area (Å²) in [5.41, 5.74) is 15.6. The monoisotopic (exact) mass is 1020 g/mol. The first-order valence-corrected chi connectivity index (χ1v) is 20.2. The van der Waals surface area contributed by atoms with Gasteiger partial charge in [-0.1, -0.05) is 0 Å². The highest BCUT2D eigenvalue weighted by Crippen LogP contribution is 2.07. The van der Waals surface area contributed by atoms with Crippen LogP contribution in [0.4, 0.5) is 0 Å². The molecule has 0 fully saturated rings. The molecule has 0 unspecified atom stereocenters. The molecule has 0 radical (unpaired) electrons. The lowest BCUT2D eigenvalue weighted by molar-refractivity contribution is -0.145. The van der Waals surface area contributed by atoms with Gasteiger partial charge in [0.15, 0.2) is 0 Å². The van der Waals surface area contributed by atoms with Gasteiger partial charge in [-0.2, -0.15) is 0 Å². The molecule has 0 aliphatic heterocycles. The number of carbonyl (C=O) groups excluding carboxylic acids is 10. The second kappa shape index (κ2) is 30.7. The smallest absolute Gasteiger partial charge is 0.326 e. The van der Waals surface area contributed by atoms with Crippen molar-refractivity contribution in [2.45, 2.75) is 112 Å². The summed E-state index contributed by atoms with van der Waals surface area (Å²) in [5, 5.41) is 90.2. The average Bonchev–Trinajstić information content (AvgIpc) is 3.24. The third-order valence-corrected chi connectivity index (χ3v) is 9.00. The van der Waals surface area contributed by atoms with E-state index in [1.54, 1.807) is 0 Å². The largest absolute Gasteiger partial charge is 0.481 e. The molecule has 0 bridgehead atoms. The van der Waals surface area contributed by atoms with Crippen LogP contribution in [0.3, 0.4) is 0 Å². The van der Waals surface area contributed by atoms with Crippen molar-refractivity contribution in [2.75, 3.05) is 13.2 Å². The number of hydrogen-bond acceptors (Lipinski definition) is 19. The van der Waals surface area contributed by atoms with Crippen molar-refractivity contribution in [1.82, 2.24) is 42.5 Å². The van der Waals surface area contributed by atoms with E-state index in [9.17, 15) is 112 Å². The van der Waals surface area contributed by atoms with Gasteiger partial charge in [0.2, 0.25) is 59.1 Å².